The van der Waals surface area contributed by atoms with Gasteiger partial charge in [-0.05, 0) is 18.9 Å². The summed E-state index contributed by atoms with van der Waals surface area (Å²) in [7, 11) is 3.51. The predicted molar refractivity (Wildman–Crippen MR) is 68.7 cm³/mol. The van der Waals surface area contributed by atoms with E-state index in [4.69, 9.17) is 4.74 Å². The van der Waals surface area contributed by atoms with Crippen molar-refractivity contribution >= 4 is 5.95 Å². The second-order valence-corrected chi connectivity index (χ2v) is 4.07. The maximum atomic E-state index is 5.10. The molecule has 96 valence electrons. The number of hydrogen-bond donors (Lipinski definition) is 1. The van der Waals surface area contributed by atoms with Crippen LogP contribution in [-0.4, -0.2) is 33.4 Å². The second-order valence-electron chi connectivity index (χ2n) is 4.07. The third-order valence-electron chi connectivity index (χ3n) is 2.49. The van der Waals surface area contributed by atoms with Gasteiger partial charge in [-0.3, -0.25) is 4.68 Å². The highest BCUT2D eigenvalue weighted by atomic mass is 16.5. The molecule has 0 amide bonds. The Kier molecular flexibility index (Phi) is 3.76. The van der Waals surface area contributed by atoms with Gasteiger partial charge in [0.25, 0.3) is 0 Å². The van der Waals surface area contributed by atoms with Crippen molar-refractivity contribution in [3.8, 4) is 5.88 Å². The first-order valence-electron chi connectivity index (χ1n) is 5.78. The maximum absolute atomic E-state index is 5.10. The number of aryl methyl sites for hydroxylation is 2. The minimum atomic E-state index is 0.575. The average Bonchev–Trinajstić information content (AvgIpc) is 2.74. The van der Waals surface area contributed by atoms with Crippen LogP contribution in [0.25, 0.3) is 0 Å². The summed E-state index contributed by atoms with van der Waals surface area (Å²) in [5.74, 6) is 1.17. The summed E-state index contributed by atoms with van der Waals surface area (Å²) in [5.41, 5.74) is 2.07. The van der Waals surface area contributed by atoms with E-state index in [-0.39, 0.29) is 0 Å². The van der Waals surface area contributed by atoms with E-state index < -0.39 is 0 Å². The van der Waals surface area contributed by atoms with Crippen molar-refractivity contribution in [2.75, 3.05) is 19.0 Å². The summed E-state index contributed by atoms with van der Waals surface area (Å²) in [6.07, 6.45) is 4.74. The van der Waals surface area contributed by atoms with E-state index in [0.717, 1.165) is 18.7 Å². The van der Waals surface area contributed by atoms with E-state index in [0.29, 0.717) is 11.8 Å². The molecule has 6 heteroatoms. The molecule has 2 aromatic rings. The van der Waals surface area contributed by atoms with Gasteiger partial charge in [0.1, 0.15) is 0 Å². The first kappa shape index (κ1) is 12.3. The number of methoxy groups -OCH3 is 1. The van der Waals surface area contributed by atoms with Crippen molar-refractivity contribution in [3.05, 3.63) is 29.7 Å². The van der Waals surface area contributed by atoms with Gasteiger partial charge in [0.15, 0.2) is 0 Å². The van der Waals surface area contributed by atoms with Gasteiger partial charge in [-0.15, -0.1) is 0 Å². The smallest absolute Gasteiger partial charge is 0.226 e. The van der Waals surface area contributed by atoms with E-state index in [1.54, 1.807) is 17.9 Å². The van der Waals surface area contributed by atoms with E-state index in [1.807, 2.05) is 26.4 Å². The molecular weight excluding hydrogens is 230 g/mol. The molecule has 0 aliphatic rings. The minimum Gasteiger partial charge on any atom is -0.481 e. The number of hydrogen-bond acceptors (Lipinski definition) is 5. The van der Waals surface area contributed by atoms with Crippen LogP contribution in [0.3, 0.4) is 0 Å². The first-order valence-corrected chi connectivity index (χ1v) is 5.78. The summed E-state index contributed by atoms with van der Waals surface area (Å²) in [6, 6.07) is 1.80. The van der Waals surface area contributed by atoms with Crippen molar-refractivity contribution in [3.63, 3.8) is 0 Å². The Hall–Kier alpha value is -2.11. The summed E-state index contributed by atoms with van der Waals surface area (Å²) in [4.78, 5) is 8.52. The van der Waals surface area contributed by atoms with Gasteiger partial charge in [-0.2, -0.15) is 10.1 Å². The summed E-state index contributed by atoms with van der Waals surface area (Å²) >= 11 is 0. The Balaban J connectivity index is 1.91. The van der Waals surface area contributed by atoms with E-state index in [9.17, 15) is 0 Å². The van der Waals surface area contributed by atoms with Crippen molar-refractivity contribution in [1.82, 2.24) is 19.7 Å². The highest BCUT2D eigenvalue weighted by Crippen LogP contribution is 2.11. The molecule has 2 aromatic heterocycles. The summed E-state index contributed by atoms with van der Waals surface area (Å²) < 4.78 is 6.89. The van der Waals surface area contributed by atoms with Crippen LogP contribution >= 0.6 is 0 Å². The molecule has 0 saturated carbocycles. The first-order chi connectivity index (χ1) is 8.67. The van der Waals surface area contributed by atoms with Crippen molar-refractivity contribution in [2.24, 2.45) is 7.05 Å². The van der Waals surface area contributed by atoms with Gasteiger partial charge in [0.05, 0.1) is 13.3 Å². The normalized spacial score (nSPS) is 10.4. The SMILES string of the molecule is COc1cc(C)nc(NCCc2cnn(C)c2)n1. The lowest BCUT2D eigenvalue weighted by Crippen LogP contribution is -2.08. The zero-order chi connectivity index (χ0) is 13.0. The molecule has 0 aromatic carbocycles. The number of anilines is 1. The largest absolute Gasteiger partial charge is 0.481 e. The lowest BCUT2D eigenvalue weighted by Gasteiger charge is -2.06. The second kappa shape index (κ2) is 5.48. The standard InChI is InChI=1S/C12H17N5O/c1-9-6-11(18-3)16-12(15-9)13-5-4-10-7-14-17(2)8-10/h6-8H,4-5H2,1-3H3,(H,13,15,16). The topological polar surface area (TPSA) is 64.9 Å². The molecule has 0 unspecified atom stereocenters. The molecule has 18 heavy (non-hydrogen) atoms. The van der Waals surface area contributed by atoms with Gasteiger partial charge in [-0.1, -0.05) is 0 Å². The molecule has 2 heterocycles. The number of aromatic nitrogens is 4. The molecule has 0 atom stereocenters. The number of rotatable bonds is 5. The molecule has 6 nitrogen and oxygen atoms in total. The summed E-state index contributed by atoms with van der Waals surface area (Å²) in [6.45, 7) is 2.68. The van der Waals surface area contributed by atoms with Crippen LogP contribution in [0, 0.1) is 6.92 Å². The van der Waals surface area contributed by atoms with Crippen LogP contribution < -0.4 is 10.1 Å². The molecular formula is C12H17N5O. The van der Waals surface area contributed by atoms with Crippen molar-refractivity contribution in [1.29, 1.82) is 0 Å². The van der Waals surface area contributed by atoms with Crippen LogP contribution in [0.1, 0.15) is 11.3 Å². The average molecular weight is 247 g/mol. The Morgan fingerprint density at radius 3 is 2.89 bits per heavy atom. The molecule has 1 N–H and O–H groups in total. The number of nitrogens with zero attached hydrogens (tertiary/aromatic N) is 4. The third kappa shape index (κ3) is 3.19. The van der Waals surface area contributed by atoms with Gasteiger partial charge in [-0.25, -0.2) is 4.98 Å². The van der Waals surface area contributed by atoms with Gasteiger partial charge >= 0.3 is 0 Å². The highest BCUT2D eigenvalue weighted by molar-refractivity contribution is 5.30. The number of ether oxygens (including phenoxy) is 1. The van der Waals surface area contributed by atoms with Gasteiger partial charge < -0.3 is 10.1 Å². The summed E-state index contributed by atoms with van der Waals surface area (Å²) in [5, 5.41) is 7.30. The molecule has 0 aliphatic carbocycles. The Labute approximate surface area is 106 Å². The van der Waals surface area contributed by atoms with Crippen LogP contribution in [0.5, 0.6) is 5.88 Å². The van der Waals surface area contributed by atoms with Gasteiger partial charge in [0.2, 0.25) is 11.8 Å². The predicted octanol–water partition coefficient (Wildman–Crippen LogP) is 1.18. The lowest BCUT2D eigenvalue weighted by atomic mass is 10.2. The number of nitrogens with one attached hydrogen (secondary N) is 1. The molecule has 0 aliphatic heterocycles. The van der Waals surface area contributed by atoms with Crippen LogP contribution in [0.15, 0.2) is 18.5 Å². The fourth-order valence-corrected chi connectivity index (χ4v) is 1.64. The minimum absolute atomic E-state index is 0.575. The lowest BCUT2D eigenvalue weighted by molar-refractivity contribution is 0.397. The van der Waals surface area contributed by atoms with E-state index >= 15 is 0 Å². The molecule has 2 rings (SSSR count). The Morgan fingerprint density at radius 2 is 2.22 bits per heavy atom. The molecule has 0 spiro atoms. The Morgan fingerprint density at radius 1 is 1.39 bits per heavy atom. The molecule has 0 saturated heterocycles. The molecule has 0 fully saturated rings. The zero-order valence-corrected chi connectivity index (χ0v) is 10.8. The van der Waals surface area contributed by atoms with Crippen molar-refractivity contribution < 1.29 is 4.74 Å². The quantitative estimate of drug-likeness (QED) is 0.859. The monoisotopic (exact) mass is 247 g/mol. The maximum Gasteiger partial charge on any atom is 0.226 e. The Bertz CT molecular complexity index is 523. The zero-order valence-electron chi connectivity index (χ0n) is 10.8. The van der Waals surface area contributed by atoms with E-state index in [1.165, 1.54) is 5.56 Å². The van der Waals surface area contributed by atoms with Crippen LogP contribution in [0.2, 0.25) is 0 Å². The van der Waals surface area contributed by atoms with Crippen LogP contribution in [0.4, 0.5) is 5.95 Å². The third-order valence-corrected chi connectivity index (χ3v) is 2.49. The fourth-order valence-electron chi connectivity index (χ4n) is 1.64. The fraction of sp³-hybridized carbons (Fsp3) is 0.417. The van der Waals surface area contributed by atoms with Crippen LogP contribution in [-0.2, 0) is 13.5 Å². The molecule has 0 bridgehead atoms. The highest BCUT2D eigenvalue weighted by Gasteiger charge is 2.02. The van der Waals surface area contributed by atoms with Gasteiger partial charge in [0, 0.05) is 31.5 Å². The van der Waals surface area contributed by atoms with E-state index in [2.05, 4.69) is 20.4 Å². The molecule has 0 radical (unpaired) electrons. The van der Waals surface area contributed by atoms with Crippen molar-refractivity contribution in [2.45, 2.75) is 13.3 Å².